The first kappa shape index (κ1) is 12.5. The van der Waals surface area contributed by atoms with E-state index in [1.807, 2.05) is 0 Å². The summed E-state index contributed by atoms with van der Waals surface area (Å²) >= 11 is 0. The van der Waals surface area contributed by atoms with Crippen molar-refractivity contribution in [1.29, 1.82) is 0 Å². The van der Waals surface area contributed by atoms with Gasteiger partial charge in [-0.05, 0) is 37.0 Å². The fourth-order valence-electron chi connectivity index (χ4n) is 4.33. The number of hydrogen-bond donors (Lipinski definition) is 0. The number of amides is 1. The van der Waals surface area contributed by atoms with Gasteiger partial charge in [0.15, 0.2) is 0 Å². The second-order valence-electron chi connectivity index (χ2n) is 6.93. The number of nitrogens with zero attached hydrogens (tertiary/aromatic N) is 2. The molecule has 0 N–H and O–H groups in total. The monoisotopic (exact) mass is 250 g/mol. The Morgan fingerprint density at radius 2 is 1.83 bits per heavy atom. The summed E-state index contributed by atoms with van der Waals surface area (Å²) in [4.78, 5) is 16.9. The number of likely N-dealkylation sites (tertiary alicyclic amines) is 2. The molecule has 3 nitrogen and oxygen atoms in total. The van der Waals surface area contributed by atoms with Gasteiger partial charge in [-0.15, -0.1) is 0 Å². The van der Waals surface area contributed by atoms with Crippen LogP contribution in [-0.4, -0.2) is 47.9 Å². The Labute approximate surface area is 111 Å². The quantitative estimate of drug-likeness (QED) is 0.748. The van der Waals surface area contributed by atoms with Crippen LogP contribution in [0.2, 0.25) is 0 Å². The van der Waals surface area contributed by atoms with E-state index in [0.29, 0.717) is 24.3 Å². The van der Waals surface area contributed by atoms with Gasteiger partial charge in [0.2, 0.25) is 5.91 Å². The second kappa shape index (κ2) is 4.84. The standard InChI is InChI=1S/C15H26N2O/c1-11-6-12(2)8-17(7-11)15(18)10-16-9-13-4-3-5-14(13)16/h11-14H,3-10H2,1-2H3/t11-,12+,13-,14+/m0/s1. The third-order valence-corrected chi connectivity index (χ3v) is 5.12. The van der Waals surface area contributed by atoms with Gasteiger partial charge in [-0.3, -0.25) is 9.69 Å². The van der Waals surface area contributed by atoms with Crippen LogP contribution in [0.3, 0.4) is 0 Å². The molecule has 1 aliphatic carbocycles. The summed E-state index contributed by atoms with van der Waals surface area (Å²) < 4.78 is 0. The second-order valence-corrected chi connectivity index (χ2v) is 6.93. The SMILES string of the molecule is C[C@@H]1C[C@H](C)CN(C(=O)CN2C[C@@H]3CCC[C@H]32)C1. The number of carbonyl (C=O) groups excluding carboxylic acids is 1. The third kappa shape index (κ3) is 2.29. The molecule has 0 unspecified atom stereocenters. The molecule has 0 aromatic rings. The lowest BCUT2D eigenvalue weighted by molar-refractivity contribution is -0.138. The van der Waals surface area contributed by atoms with Gasteiger partial charge < -0.3 is 4.90 Å². The van der Waals surface area contributed by atoms with Crippen molar-refractivity contribution < 1.29 is 4.79 Å². The zero-order chi connectivity index (χ0) is 12.7. The maximum Gasteiger partial charge on any atom is 0.236 e. The van der Waals surface area contributed by atoms with Crippen LogP contribution >= 0.6 is 0 Å². The largest absolute Gasteiger partial charge is 0.341 e. The minimum atomic E-state index is 0.374. The summed E-state index contributed by atoms with van der Waals surface area (Å²) in [5.41, 5.74) is 0. The molecule has 2 saturated heterocycles. The van der Waals surface area contributed by atoms with Gasteiger partial charge in [-0.2, -0.15) is 0 Å². The molecule has 3 rings (SSSR count). The van der Waals surface area contributed by atoms with Crippen molar-refractivity contribution in [1.82, 2.24) is 9.80 Å². The topological polar surface area (TPSA) is 23.6 Å². The normalized spacial score (nSPS) is 40.4. The highest BCUT2D eigenvalue weighted by Crippen LogP contribution is 2.38. The fourth-order valence-corrected chi connectivity index (χ4v) is 4.33. The molecule has 0 bridgehead atoms. The van der Waals surface area contributed by atoms with E-state index in [2.05, 4.69) is 23.6 Å². The van der Waals surface area contributed by atoms with E-state index in [9.17, 15) is 4.79 Å². The number of piperidine rings is 1. The summed E-state index contributed by atoms with van der Waals surface area (Å²) in [6.07, 6.45) is 5.37. The van der Waals surface area contributed by atoms with Crippen molar-refractivity contribution in [3.05, 3.63) is 0 Å². The first-order chi connectivity index (χ1) is 8.63. The average Bonchev–Trinajstić information content (AvgIpc) is 2.66. The minimum Gasteiger partial charge on any atom is -0.341 e. The molecule has 0 aromatic heterocycles. The van der Waals surface area contributed by atoms with E-state index < -0.39 is 0 Å². The van der Waals surface area contributed by atoms with E-state index in [4.69, 9.17) is 0 Å². The Hall–Kier alpha value is -0.570. The molecule has 1 saturated carbocycles. The first-order valence-electron chi connectivity index (χ1n) is 7.65. The molecule has 18 heavy (non-hydrogen) atoms. The lowest BCUT2D eigenvalue weighted by atomic mass is 9.90. The van der Waals surface area contributed by atoms with Gasteiger partial charge in [-0.1, -0.05) is 20.3 Å². The van der Waals surface area contributed by atoms with Crippen LogP contribution in [0.4, 0.5) is 0 Å². The van der Waals surface area contributed by atoms with Crippen LogP contribution in [0.5, 0.6) is 0 Å². The van der Waals surface area contributed by atoms with Gasteiger partial charge in [-0.25, -0.2) is 0 Å². The third-order valence-electron chi connectivity index (χ3n) is 5.12. The molecule has 2 aliphatic heterocycles. The van der Waals surface area contributed by atoms with Crippen molar-refractivity contribution in [2.24, 2.45) is 17.8 Å². The molecule has 0 radical (unpaired) electrons. The number of fused-ring (bicyclic) bond motifs is 1. The van der Waals surface area contributed by atoms with Crippen LogP contribution in [0.1, 0.15) is 39.5 Å². The summed E-state index contributed by atoms with van der Waals surface area (Å²) in [6.45, 7) is 8.35. The summed E-state index contributed by atoms with van der Waals surface area (Å²) in [6, 6.07) is 0.744. The van der Waals surface area contributed by atoms with Crippen LogP contribution in [-0.2, 0) is 4.79 Å². The fraction of sp³-hybridized carbons (Fsp3) is 0.933. The molecular weight excluding hydrogens is 224 g/mol. The van der Waals surface area contributed by atoms with E-state index >= 15 is 0 Å². The predicted octanol–water partition coefficient (Wildman–Crippen LogP) is 1.98. The van der Waals surface area contributed by atoms with Crippen LogP contribution in [0.15, 0.2) is 0 Å². The van der Waals surface area contributed by atoms with Crippen molar-refractivity contribution in [2.75, 3.05) is 26.2 Å². The average molecular weight is 250 g/mol. The van der Waals surface area contributed by atoms with Crippen molar-refractivity contribution in [2.45, 2.75) is 45.6 Å². The van der Waals surface area contributed by atoms with Crippen molar-refractivity contribution in [3.63, 3.8) is 0 Å². The Morgan fingerprint density at radius 1 is 1.11 bits per heavy atom. The van der Waals surface area contributed by atoms with Gasteiger partial charge >= 0.3 is 0 Å². The van der Waals surface area contributed by atoms with Crippen LogP contribution in [0, 0.1) is 17.8 Å². The zero-order valence-corrected chi connectivity index (χ0v) is 11.8. The number of hydrogen-bond acceptors (Lipinski definition) is 2. The minimum absolute atomic E-state index is 0.374. The van der Waals surface area contributed by atoms with Crippen LogP contribution < -0.4 is 0 Å². The van der Waals surface area contributed by atoms with Gasteiger partial charge in [0, 0.05) is 25.7 Å². The van der Waals surface area contributed by atoms with E-state index in [-0.39, 0.29) is 0 Å². The maximum absolute atomic E-state index is 12.4. The summed E-state index contributed by atoms with van der Waals surface area (Å²) in [5.74, 6) is 2.64. The Morgan fingerprint density at radius 3 is 2.50 bits per heavy atom. The molecule has 0 spiro atoms. The summed E-state index contributed by atoms with van der Waals surface area (Å²) in [5, 5.41) is 0. The lowest BCUT2D eigenvalue weighted by Crippen LogP contribution is -2.57. The maximum atomic E-state index is 12.4. The Kier molecular flexibility index (Phi) is 3.35. The molecule has 102 valence electrons. The van der Waals surface area contributed by atoms with E-state index in [0.717, 1.165) is 25.0 Å². The Bertz CT molecular complexity index is 320. The first-order valence-corrected chi connectivity index (χ1v) is 7.65. The number of rotatable bonds is 2. The smallest absolute Gasteiger partial charge is 0.236 e. The van der Waals surface area contributed by atoms with Crippen molar-refractivity contribution >= 4 is 5.91 Å². The number of carbonyl (C=O) groups is 1. The molecule has 3 aliphatic rings. The van der Waals surface area contributed by atoms with Gasteiger partial charge in [0.25, 0.3) is 0 Å². The highest BCUT2D eigenvalue weighted by atomic mass is 16.2. The molecular formula is C15H26N2O. The molecule has 2 heterocycles. The van der Waals surface area contributed by atoms with Crippen LogP contribution in [0.25, 0.3) is 0 Å². The highest BCUT2D eigenvalue weighted by molar-refractivity contribution is 5.78. The lowest BCUT2D eigenvalue weighted by Gasteiger charge is -2.45. The molecule has 4 atom stereocenters. The predicted molar refractivity (Wildman–Crippen MR) is 72.2 cm³/mol. The molecule has 3 heteroatoms. The summed E-state index contributed by atoms with van der Waals surface area (Å²) in [7, 11) is 0. The van der Waals surface area contributed by atoms with E-state index in [1.54, 1.807) is 0 Å². The molecule has 0 aromatic carbocycles. The zero-order valence-electron chi connectivity index (χ0n) is 11.8. The highest BCUT2D eigenvalue weighted by Gasteiger charge is 2.43. The van der Waals surface area contributed by atoms with Gasteiger partial charge in [0.05, 0.1) is 6.54 Å². The molecule has 1 amide bonds. The van der Waals surface area contributed by atoms with E-state index in [1.165, 1.54) is 32.2 Å². The Balaban J connectivity index is 1.52. The van der Waals surface area contributed by atoms with Gasteiger partial charge in [0.1, 0.15) is 0 Å². The van der Waals surface area contributed by atoms with Crippen molar-refractivity contribution in [3.8, 4) is 0 Å². The molecule has 3 fully saturated rings.